The minimum atomic E-state index is -5.18. The standard InChI is InChI=1S/C67H33F6N7/c68-66(69,70)53-25-51(26-54(33-53)67(71,72)73)52-31-64(79-60-17-13-47(43-9-1-5-39(21-43)34-74)27-55(60)56-28-48(14-18-61(56)79)44-10-2-6-40(22-44)35-75)59(38-78)65(32-52)80-62-19-15-49(45-11-3-7-41(23-45)36-76)29-57(62)58-30-50(16-20-63(58)80)46-12-4-8-42(24-46)37-77/h1-33H. The van der Waals surface area contributed by atoms with Crippen LogP contribution in [0.5, 0.6) is 0 Å². The summed E-state index contributed by atoms with van der Waals surface area (Å²) >= 11 is 0. The quantitative estimate of drug-likeness (QED) is 0.147. The van der Waals surface area contributed by atoms with Gasteiger partial charge in [0.15, 0.2) is 0 Å². The van der Waals surface area contributed by atoms with Crippen molar-refractivity contribution in [1.82, 2.24) is 9.13 Å². The van der Waals surface area contributed by atoms with Crippen LogP contribution in [0.2, 0.25) is 0 Å². The first-order valence-corrected chi connectivity index (χ1v) is 24.7. The maximum absolute atomic E-state index is 14.8. The van der Waals surface area contributed by atoms with Crippen LogP contribution in [-0.4, -0.2) is 9.13 Å². The highest BCUT2D eigenvalue weighted by Crippen LogP contribution is 2.45. The molecule has 0 saturated carbocycles. The molecule has 0 saturated heterocycles. The van der Waals surface area contributed by atoms with Crippen LogP contribution in [0.4, 0.5) is 26.3 Å². The molecule has 7 nitrogen and oxygen atoms in total. The normalized spacial score (nSPS) is 11.6. The summed E-state index contributed by atoms with van der Waals surface area (Å²) in [4.78, 5) is 0. The summed E-state index contributed by atoms with van der Waals surface area (Å²) in [5.41, 5.74) is 6.38. The molecule has 0 aliphatic carbocycles. The third-order valence-corrected chi connectivity index (χ3v) is 14.4. The zero-order chi connectivity index (χ0) is 55.6. The Kier molecular flexibility index (Phi) is 11.9. The Morgan fingerprint density at radius 1 is 0.275 bits per heavy atom. The van der Waals surface area contributed by atoms with Crippen LogP contribution >= 0.6 is 0 Å². The first-order chi connectivity index (χ1) is 38.6. The van der Waals surface area contributed by atoms with Gasteiger partial charge in [-0.25, -0.2) is 0 Å². The van der Waals surface area contributed by atoms with Gasteiger partial charge in [-0.15, -0.1) is 0 Å². The molecule has 0 atom stereocenters. The van der Waals surface area contributed by atoms with E-state index in [1.54, 1.807) is 81.9 Å². The van der Waals surface area contributed by atoms with Crippen LogP contribution in [0, 0.1) is 56.7 Å². The lowest BCUT2D eigenvalue weighted by Crippen LogP contribution is -2.11. The minimum absolute atomic E-state index is 0.0163. The van der Waals surface area contributed by atoms with E-state index in [2.05, 4.69) is 30.3 Å². The zero-order valence-electron chi connectivity index (χ0n) is 41.5. The molecule has 10 aromatic carbocycles. The summed E-state index contributed by atoms with van der Waals surface area (Å²) in [6, 6.07) is 66.1. The van der Waals surface area contributed by atoms with Crippen molar-refractivity contribution in [1.29, 1.82) is 26.3 Å². The lowest BCUT2D eigenvalue weighted by molar-refractivity contribution is -0.143. The molecule has 0 N–H and O–H groups in total. The molecular weight excluding hydrogens is 1020 g/mol. The third-order valence-electron chi connectivity index (χ3n) is 14.4. The Balaban J connectivity index is 1.21. The average molecular weight is 1050 g/mol. The molecule has 2 heterocycles. The van der Waals surface area contributed by atoms with Crippen LogP contribution in [0.1, 0.15) is 38.9 Å². The Bertz CT molecular complexity index is 4310. The molecular formula is C67H33F6N7. The second kappa shape index (κ2) is 19.1. The van der Waals surface area contributed by atoms with Gasteiger partial charge in [0.1, 0.15) is 11.6 Å². The van der Waals surface area contributed by atoms with Crippen LogP contribution in [0.3, 0.4) is 0 Å². The minimum Gasteiger partial charge on any atom is -0.308 e. The molecule has 378 valence electrons. The van der Waals surface area contributed by atoms with Crippen molar-refractivity contribution in [3.05, 3.63) is 239 Å². The summed E-state index contributed by atoms with van der Waals surface area (Å²) < 4.78 is 92.3. The molecule has 0 aliphatic rings. The molecule has 12 rings (SSSR count). The van der Waals surface area contributed by atoms with Crippen molar-refractivity contribution >= 4 is 43.6 Å². The van der Waals surface area contributed by atoms with Crippen LogP contribution in [0.15, 0.2) is 200 Å². The van der Waals surface area contributed by atoms with Gasteiger partial charge in [0.05, 0.1) is 91.1 Å². The number of nitrogens with zero attached hydrogens (tertiary/aromatic N) is 7. The van der Waals surface area contributed by atoms with Crippen molar-refractivity contribution in [3.8, 4) is 97.4 Å². The van der Waals surface area contributed by atoms with Gasteiger partial charge >= 0.3 is 12.4 Å². The van der Waals surface area contributed by atoms with Crippen molar-refractivity contribution in [2.45, 2.75) is 12.4 Å². The topological polar surface area (TPSA) is 129 Å². The highest BCUT2D eigenvalue weighted by molar-refractivity contribution is 6.14. The van der Waals surface area contributed by atoms with E-state index in [1.807, 2.05) is 97.1 Å². The summed E-state index contributed by atoms with van der Waals surface area (Å²) in [5, 5.41) is 53.7. The van der Waals surface area contributed by atoms with Gasteiger partial charge in [-0.1, -0.05) is 72.8 Å². The molecule has 13 heteroatoms. The largest absolute Gasteiger partial charge is 0.416 e. The Morgan fingerprint density at radius 3 is 0.812 bits per heavy atom. The summed E-state index contributed by atoms with van der Waals surface area (Å²) in [7, 11) is 0. The molecule has 80 heavy (non-hydrogen) atoms. The number of hydrogen-bond donors (Lipinski definition) is 0. The van der Waals surface area contributed by atoms with Gasteiger partial charge in [-0.05, 0) is 183 Å². The van der Waals surface area contributed by atoms with E-state index in [0.29, 0.717) is 78.0 Å². The van der Waals surface area contributed by atoms with E-state index in [4.69, 9.17) is 0 Å². The van der Waals surface area contributed by atoms with E-state index < -0.39 is 29.0 Å². The Labute approximate surface area is 452 Å². The Morgan fingerprint density at radius 2 is 0.550 bits per heavy atom. The maximum Gasteiger partial charge on any atom is 0.416 e. The second-order valence-corrected chi connectivity index (χ2v) is 19.2. The number of benzene rings is 10. The first-order valence-electron chi connectivity index (χ1n) is 24.7. The number of halogens is 6. The fraction of sp³-hybridized carbons (Fsp3) is 0.0299. The van der Waals surface area contributed by atoms with E-state index in [-0.39, 0.29) is 28.6 Å². The smallest absolute Gasteiger partial charge is 0.308 e. The van der Waals surface area contributed by atoms with E-state index in [9.17, 15) is 52.7 Å². The molecule has 12 aromatic rings. The molecule has 0 amide bonds. The van der Waals surface area contributed by atoms with Gasteiger partial charge in [-0.3, -0.25) is 0 Å². The van der Waals surface area contributed by atoms with Crippen molar-refractivity contribution in [3.63, 3.8) is 0 Å². The lowest BCUT2D eigenvalue weighted by Gasteiger charge is -2.20. The average Bonchev–Trinajstić information content (AvgIpc) is 3.62. The van der Waals surface area contributed by atoms with Gasteiger partial charge in [-0.2, -0.15) is 52.7 Å². The third kappa shape index (κ3) is 8.66. The molecule has 0 spiro atoms. The monoisotopic (exact) mass is 1050 g/mol. The van der Waals surface area contributed by atoms with E-state index in [0.717, 1.165) is 44.5 Å². The second-order valence-electron chi connectivity index (χ2n) is 19.2. The summed E-state index contributed by atoms with van der Waals surface area (Å²) in [6.45, 7) is 0. The fourth-order valence-corrected chi connectivity index (χ4v) is 10.7. The van der Waals surface area contributed by atoms with Gasteiger partial charge in [0.25, 0.3) is 0 Å². The molecule has 0 bridgehead atoms. The number of rotatable bonds is 7. The highest BCUT2D eigenvalue weighted by atomic mass is 19.4. The number of hydrogen-bond acceptors (Lipinski definition) is 5. The fourth-order valence-electron chi connectivity index (χ4n) is 10.7. The molecule has 0 radical (unpaired) electrons. The van der Waals surface area contributed by atoms with Crippen LogP contribution in [0.25, 0.3) is 111 Å². The van der Waals surface area contributed by atoms with Gasteiger partial charge in [0, 0.05) is 21.5 Å². The number of alkyl halides is 6. The van der Waals surface area contributed by atoms with Crippen molar-refractivity contribution in [2.75, 3.05) is 0 Å². The van der Waals surface area contributed by atoms with Crippen molar-refractivity contribution in [2.24, 2.45) is 0 Å². The van der Waals surface area contributed by atoms with Crippen LogP contribution < -0.4 is 0 Å². The number of nitriles is 5. The molecule has 0 aliphatic heterocycles. The van der Waals surface area contributed by atoms with E-state index in [1.165, 1.54) is 12.1 Å². The van der Waals surface area contributed by atoms with Crippen LogP contribution in [-0.2, 0) is 12.4 Å². The predicted octanol–water partition coefficient (Wildman–Crippen LogP) is 17.6. The SMILES string of the molecule is N#Cc1cccc(-c2ccc3c(c2)c2cc(-c4cccc(C#N)c4)ccc2n3-c2cc(-c3cc(C(F)(F)F)cc(C(F)(F)F)c3)cc(-n3c4ccc(-c5cccc(C#N)c5)cc4c4cc(-c5cccc(C#N)c5)ccc43)c2C#N)c1. The number of fused-ring (bicyclic) bond motifs is 6. The maximum atomic E-state index is 14.8. The summed E-state index contributed by atoms with van der Waals surface area (Å²) in [6.07, 6.45) is -10.4. The molecule has 0 fully saturated rings. The highest BCUT2D eigenvalue weighted by Gasteiger charge is 2.37. The lowest BCUT2D eigenvalue weighted by atomic mass is 9.96. The Hall–Kier alpha value is -11.2. The first kappa shape index (κ1) is 49.7. The van der Waals surface area contributed by atoms with Gasteiger partial charge < -0.3 is 9.13 Å². The molecule has 2 aromatic heterocycles. The molecule has 0 unspecified atom stereocenters. The number of aromatic nitrogens is 2. The van der Waals surface area contributed by atoms with Crippen molar-refractivity contribution < 1.29 is 26.3 Å². The van der Waals surface area contributed by atoms with Gasteiger partial charge in [0.2, 0.25) is 0 Å². The predicted molar refractivity (Wildman–Crippen MR) is 296 cm³/mol. The zero-order valence-corrected chi connectivity index (χ0v) is 41.5. The summed E-state index contributed by atoms with van der Waals surface area (Å²) in [5.74, 6) is 0. The van der Waals surface area contributed by atoms with E-state index >= 15 is 0 Å².